The van der Waals surface area contributed by atoms with Gasteiger partial charge in [0, 0.05) is 16.7 Å². The van der Waals surface area contributed by atoms with Crippen molar-refractivity contribution in [3.63, 3.8) is 0 Å². The van der Waals surface area contributed by atoms with Crippen molar-refractivity contribution in [1.82, 2.24) is 0 Å². The number of hydrogen-bond acceptors (Lipinski definition) is 1. The van der Waals surface area contributed by atoms with Crippen LogP contribution < -0.4 is 5.32 Å². The van der Waals surface area contributed by atoms with Crippen molar-refractivity contribution in [3.8, 4) is 0 Å². The molecule has 0 amide bonds. The molecule has 1 aromatic rings. The standard InChI is InChI=1S/C8H9BrClN.ClH/c1-2-11-6-3-4-8(10)7(9)5-6;/h3-5,11H,2H2,1H3;1H. The third kappa shape index (κ3) is 3.21. The van der Waals surface area contributed by atoms with E-state index in [0.29, 0.717) is 0 Å². The van der Waals surface area contributed by atoms with Crippen molar-refractivity contribution < 1.29 is 0 Å². The first-order valence-corrected chi connectivity index (χ1v) is 4.60. The molecule has 68 valence electrons. The number of nitrogens with one attached hydrogen (secondary N) is 1. The van der Waals surface area contributed by atoms with Crippen molar-refractivity contribution in [2.24, 2.45) is 0 Å². The maximum Gasteiger partial charge on any atom is 0.0549 e. The van der Waals surface area contributed by atoms with Gasteiger partial charge in [-0.2, -0.15) is 0 Å². The Labute approximate surface area is 92.0 Å². The molecule has 0 fully saturated rings. The minimum Gasteiger partial charge on any atom is -0.385 e. The van der Waals surface area contributed by atoms with E-state index in [1.165, 1.54) is 0 Å². The van der Waals surface area contributed by atoms with E-state index in [-0.39, 0.29) is 12.4 Å². The van der Waals surface area contributed by atoms with E-state index in [9.17, 15) is 0 Å². The third-order valence-electron chi connectivity index (χ3n) is 1.30. The number of anilines is 1. The zero-order valence-corrected chi connectivity index (χ0v) is 9.76. The second-order valence-electron chi connectivity index (χ2n) is 2.16. The Morgan fingerprint density at radius 3 is 2.67 bits per heavy atom. The van der Waals surface area contributed by atoms with Crippen LogP contribution in [0.3, 0.4) is 0 Å². The third-order valence-corrected chi connectivity index (χ3v) is 2.51. The molecule has 0 spiro atoms. The van der Waals surface area contributed by atoms with Crippen LogP contribution >= 0.6 is 39.9 Å². The highest BCUT2D eigenvalue weighted by molar-refractivity contribution is 9.10. The van der Waals surface area contributed by atoms with Gasteiger partial charge in [-0.05, 0) is 41.1 Å². The molecule has 1 nitrogen and oxygen atoms in total. The Morgan fingerprint density at radius 2 is 2.17 bits per heavy atom. The summed E-state index contributed by atoms with van der Waals surface area (Å²) in [7, 11) is 0. The van der Waals surface area contributed by atoms with Crippen LogP contribution in [0.15, 0.2) is 22.7 Å². The van der Waals surface area contributed by atoms with Gasteiger partial charge in [0.25, 0.3) is 0 Å². The number of benzene rings is 1. The summed E-state index contributed by atoms with van der Waals surface area (Å²) in [6.07, 6.45) is 0. The van der Waals surface area contributed by atoms with Crippen LogP contribution in [0, 0.1) is 0 Å². The van der Waals surface area contributed by atoms with Crippen molar-refractivity contribution in [1.29, 1.82) is 0 Å². The molecule has 0 aliphatic heterocycles. The minimum atomic E-state index is 0. The average Bonchev–Trinajstić information content (AvgIpc) is 1.98. The van der Waals surface area contributed by atoms with Crippen LogP contribution in [0.5, 0.6) is 0 Å². The van der Waals surface area contributed by atoms with Gasteiger partial charge in [0.2, 0.25) is 0 Å². The van der Waals surface area contributed by atoms with E-state index in [1.807, 2.05) is 18.2 Å². The van der Waals surface area contributed by atoms with Crippen molar-refractivity contribution >= 4 is 45.6 Å². The number of halogens is 3. The summed E-state index contributed by atoms with van der Waals surface area (Å²) < 4.78 is 0.928. The van der Waals surface area contributed by atoms with E-state index in [0.717, 1.165) is 21.7 Å². The summed E-state index contributed by atoms with van der Waals surface area (Å²) in [6, 6.07) is 5.78. The summed E-state index contributed by atoms with van der Waals surface area (Å²) in [5.41, 5.74) is 1.09. The SMILES string of the molecule is CCNc1ccc(Cl)c(Br)c1.Cl. The number of rotatable bonds is 2. The lowest BCUT2D eigenvalue weighted by molar-refractivity contribution is 1.21. The zero-order chi connectivity index (χ0) is 8.27. The number of hydrogen-bond donors (Lipinski definition) is 1. The fourth-order valence-electron chi connectivity index (χ4n) is 0.810. The van der Waals surface area contributed by atoms with Crippen molar-refractivity contribution in [3.05, 3.63) is 27.7 Å². The van der Waals surface area contributed by atoms with E-state index in [4.69, 9.17) is 11.6 Å². The highest BCUT2D eigenvalue weighted by Crippen LogP contribution is 2.25. The van der Waals surface area contributed by atoms with Crippen LogP contribution in [-0.2, 0) is 0 Å². The predicted molar refractivity (Wildman–Crippen MR) is 60.6 cm³/mol. The lowest BCUT2D eigenvalue weighted by Gasteiger charge is -2.03. The van der Waals surface area contributed by atoms with Gasteiger partial charge in [-0.15, -0.1) is 12.4 Å². The molecule has 1 N–H and O–H groups in total. The topological polar surface area (TPSA) is 12.0 Å². The van der Waals surface area contributed by atoms with Crippen molar-refractivity contribution in [2.75, 3.05) is 11.9 Å². The highest BCUT2D eigenvalue weighted by atomic mass is 79.9. The molecule has 12 heavy (non-hydrogen) atoms. The van der Waals surface area contributed by atoms with Crippen LogP contribution in [0.1, 0.15) is 6.92 Å². The fourth-order valence-corrected chi connectivity index (χ4v) is 1.31. The summed E-state index contributed by atoms with van der Waals surface area (Å²) in [4.78, 5) is 0. The monoisotopic (exact) mass is 269 g/mol. The molecular formula is C8H10BrCl2N. The smallest absolute Gasteiger partial charge is 0.0549 e. The molecule has 0 unspecified atom stereocenters. The lowest BCUT2D eigenvalue weighted by Crippen LogP contribution is -1.95. The summed E-state index contributed by atoms with van der Waals surface area (Å²) in [6.45, 7) is 2.98. The lowest BCUT2D eigenvalue weighted by atomic mass is 10.3. The Morgan fingerprint density at radius 1 is 1.50 bits per heavy atom. The molecule has 0 radical (unpaired) electrons. The van der Waals surface area contributed by atoms with Gasteiger partial charge in [0.15, 0.2) is 0 Å². The van der Waals surface area contributed by atoms with E-state index in [2.05, 4.69) is 28.2 Å². The molecular weight excluding hydrogens is 261 g/mol. The first-order chi connectivity index (χ1) is 5.24. The molecule has 0 aromatic heterocycles. The van der Waals surface area contributed by atoms with E-state index in [1.54, 1.807) is 0 Å². The van der Waals surface area contributed by atoms with E-state index < -0.39 is 0 Å². The summed E-state index contributed by atoms with van der Waals surface area (Å²) in [5, 5.41) is 3.93. The molecule has 0 aliphatic rings. The largest absolute Gasteiger partial charge is 0.385 e. The molecule has 1 aromatic carbocycles. The quantitative estimate of drug-likeness (QED) is 0.858. The molecule has 0 bridgehead atoms. The molecule has 0 saturated carbocycles. The van der Waals surface area contributed by atoms with Gasteiger partial charge in [0.1, 0.15) is 0 Å². The zero-order valence-electron chi connectivity index (χ0n) is 6.60. The van der Waals surface area contributed by atoms with Gasteiger partial charge >= 0.3 is 0 Å². The minimum absolute atomic E-state index is 0. The van der Waals surface area contributed by atoms with Crippen LogP contribution in [0.25, 0.3) is 0 Å². The van der Waals surface area contributed by atoms with Crippen LogP contribution in [-0.4, -0.2) is 6.54 Å². The average molecular weight is 271 g/mol. The molecule has 0 saturated heterocycles. The maximum absolute atomic E-state index is 5.81. The Bertz CT molecular complexity index is 253. The van der Waals surface area contributed by atoms with Gasteiger partial charge < -0.3 is 5.32 Å². The summed E-state index contributed by atoms with van der Waals surface area (Å²) >= 11 is 9.15. The fraction of sp³-hybridized carbons (Fsp3) is 0.250. The maximum atomic E-state index is 5.81. The van der Waals surface area contributed by atoms with E-state index >= 15 is 0 Å². The van der Waals surface area contributed by atoms with Gasteiger partial charge in [-0.25, -0.2) is 0 Å². The Hall–Kier alpha value is 0.0800. The molecule has 0 aliphatic carbocycles. The Kier molecular flexibility index (Phi) is 5.72. The summed E-state index contributed by atoms with van der Waals surface area (Å²) in [5.74, 6) is 0. The first-order valence-electron chi connectivity index (χ1n) is 3.43. The van der Waals surface area contributed by atoms with Gasteiger partial charge in [-0.1, -0.05) is 11.6 Å². The first kappa shape index (κ1) is 12.1. The second-order valence-corrected chi connectivity index (χ2v) is 3.42. The predicted octanol–water partition coefficient (Wildman–Crippen LogP) is 3.96. The van der Waals surface area contributed by atoms with Gasteiger partial charge in [0.05, 0.1) is 5.02 Å². The molecule has 4 heteroatoms. The van der Waals surface area contributed by atoms with Crippen LogP contribution in [0.2, 0.25) is 5.02 Å². The molecule has 0 heterocycles. The normalized spacial score (nSPS) is 8.92. The van der Waals surface area contributed by atoms with Crippen molar-refractivity contribution in [2.45, 2.75) is 6.92 Å². The van der Waals surface area contributed by atoms with Gasteiger partial charge in [-0.3, -0.25) is 0 Å². The highest BCUT2D eigenvalue weighted by Gasteiger charge is 1.96. The molecule has 0 atom stereocenters. The molecule has 1 rings (SSSR count). The van der Waals surface area contributed by atoms with Crippen LogP contribution in [0.4, 0.5) is 5.69 Å². The Balaban J connectivity index is 0.00000121. The second kappa shape index (κ2) is 5.68.